The Balaban J connectivity index is 1.74. The third-order valence-electron chi connectivity index (χ3n) is 3.43. The fraction of sp³-hybridized carbons (Fsp3) is 0.188. The first-order chi connectivity index (χ1) is 10.5. The maximum atomic E-state index is 13.2. The van der Waals surface area contributed by atoms with Crippen molar-refractivity contribution in [3.63, 3.8) is 0 Å². The molecule has 1 amide bonds. The summed E-state index contributed by atoms with van der Waals surface area (Å²) in [5.74, 6) is -1.10. The zero-order valence-corrected chi connectivity index (χ0v) is 11.7. The molecule has 0 radical (unpaired) electrons. The summed E-state index contributed by atoms with van der Waals surface area (Å²) < 4.78 is 36.6. The Hall–Kier alpha value is -2.63. The summed E-state index contributed by atoms with van der Waals surface area (Å²) in [5, 5.41) is 2.73. The van der Waals surface area contributed by atoms with Gasteiger partial charge in [-0.3, -0.25) is 4.79 Å². The second-order valence-electron chi connectivity index (χ2n) is 4.94. The van der Waals surface area contributed by atoms with Crippen molar-refractivity contribution in [2.75, 3.05) is 6.79 Å². The number of ether oxygens (including phenoxy) is 2. The van der Waals surface area contributed by atoms with Crippen LogP contribution in [0.15, 0.2) is 36.4 Å². The zero-order chi connectivity index (χ0) is 15.7. The first-order valence-electron chi connectivity index (χ1n) is 6.70. The summed E-state index contributed by atoms with van der Waals surface area (Å²) in [4.78, 5) is 12.2. The van der Waals surface area contributed by atoms with E-state index in [1.807, 2.05) is 0 Å². The molecule has 3 rings (SSSR count). The number of hydrogen-bond donors (Lipinski definition) is 1. The minimum Gasteiger partial charge on any atom is -0.454 e. The summed E-state index contributed by atoms with van der Waals surface area (Å²) in [5.41, 5.74) is 0.881. The smallest absolute Gasteiger partial charge is 0.251 e. The molecular formula is C16H13F2NO3. The highest BCUT2D eigenvalue weighted by molar-refractivity contribution is 5.95. The van der Waals surface area contributed by atoms with Crippen LogP contribution in [0.2, 0.25) is 0 Å². The number of benzene rings is 2. The number of nitrogens with one attached hydrogen (secondary N) is 1. The van der Waals surface area contributed by atoms with Gasteiger partial charge in [0.2, 0.25) is 6.79 Å². The second kappa shape index (κ2) is 5.63. The molecule has 0 aromatic heterocycles. The quantitative estimate of drug-likeness (QED) is 0.947. The highest BCUT2D eigenvalue weighted by Gasteiger charge is 2.18. The Labute approximate surface area is 125 Å². The summed E-state index contributed by atoms with van der Waals surface area (Å²) >= 11 is 0. The number of rotatable bonds is 3. The topological polar surface area (TPSA) is 47.6 Å². The SMILES string of the molecule is CC(NC(=O)c1ccc2c(c1)OCO2)c1ccc(F)c(F)c1. The summed E-state index contributed by atoms with van der Waals surface area (Å²) in [6.07, 6.45) is 0. The lowest BCUT2D eigenvalue weighted by atomic mass is 10.1. The second-order valence-corrected chi connectivity index (χ2v) is 4.94. The van der Waals surface area contributed by atoms with E-state index in [9.17, 15) is 13.6 Å². The largest absolute Gasteiger partial charge is 0.454 e. The lowest BCUT2D eigenvalue weighted by Crippen LogP contribution is -2.26. The maximum Gasteiger partial charge on any atom is 0.251 e. The normalized spacial score (nSPS) is 13.8. The van der Waals surface area contributed by atoms with E-state index in [0.29, 0.717) is 22.6 Å². The van der Waals surface area contributed by atoms with Gasteiger partial charge in [0.1, 0.15) is 0 Å². The molecule has 2 aromatic rings. The van der Waals surface area contributed by atoms with E-state index >= 15 is 0 Å². The van der Waals surface area contributed by atoms with Gasteiger partial charge in [0.15, 0.2) is 23.1 Å². The first-order valence-corrected chi connectivity index (χ1v) is 6.70. The third kappa shape index (κ3) is 2.72. The van der Waals surface area contributed by atoms with Crippen LogP contribution in [0.1, 0.15) is 28.9 Å². The molecule has 114 valence electrons. The Morgan fingerprint density at radius 3 is 2.64 bits per heavy atom. The number of fused-ring (bicyclic) bond motifs is 1. The Morgan fingerprint density at radius 1 is 1.09 bits per heavy atom. The number of carbonyl (C=O) groups excluding carboxylic acids is 1. The molecule has 1 heterocycles. The number of amides is 1. The van der Waals surface area contributed by atoms with E-state index in [2.05, 4.69) is 5.32 Å². The fourth-order valence-electron chi connectivity index (χ4n) is 2.18. The van der Waals surface area contributed by atoms with Crippen molar-refractivity contribution >= 4 is 5.91 Å². The van der Waals surface area contributed by atoms with E-state index in [4.69, 9.17) is 9.47 Å². The van der Waals surface area contributed by atoms with Crippen LogP contribution in [-0.2, 0) is 0 Å². The molecule has 0 spiro atoms. The van der Waals surface area contributed by atoms with Gasteiger partial charge in [-0.05, 0) is 42.8 Å². The minimum atomic E-state index is -0.943. The first kappa shape index (κ1) is 14.3. The van der Waals surface area contributed by atoms with Gasteiger partial charge in [-0.2, -0.15) is 0 Å². The Morgan fingerprint density at radius 2 is 1.86 bits per heavy atom. The van der Waals surface area contributed by atoms with Crippen LogP contribution in [0.3, 0.4) is 0 Å². The van der Waals surface area contributed by atoms with Crippen LogP contribution >= 0.6 is 0 Å². The van der Waals surface area contributed by atoms with Crippen LogP contribution in [0.5, 0.6) is 11.5 Å². The molecular weight excluding hydrogens is 292 g/mol. The molecule has 1 aliphatic heterocycles. The minimum absolute atomic E-state index is 0.131. The van der Waals surface area contributed by atoms with Crippen molar-refractivity contribution in [1.29, 1.82) is 0 Å². The Kier molecular flexibility index (Phi) is 3.66. The fourth-order valence-corrected chi connectivity index (χ4v) is 2.18. The molecule has 22 heavy (non-hydrogen) atoms. The molecule has 1 atom stereocenters. The maximum absolute atomic E-state index is 13.2. The van der Waals surface area contributed by atoms with Crippen molar-refractivity contribution in [2.45, 2.75) is 13.0 Å². The third-order valence-corrected chi connectivity index (χ3v) is 3.43. The predicted octanol–water partition coefficient (Wildman–Crippen LogP) is 3.18. The van der Waals surface area contributed by atoms with Crippen LogP contribution < -0.4 is 14.8 Å². The van der Waals surface area contributed by atoms with Gasteiger partial charge in [0.05, 0.1) is 6.04 Å². The average molecular weight is 305 g/mol. The van der Waals surface area contributed by atoms with Gasteiger partial charge in [-0.15, -0.1) is 0 Å². The van der Waals surface area contributed by atoms with Gasteiger partial charge in [-0.1, -0.05) is 6.07 Å². The lowest BCUT2D eigenvalue weighted by molar-refractivity contribution is 0.0939. The summed E-state index contributed by atoms with van der Waals surface area (Å²) in [7, 11) is 0. The molecule has 0 saturated carbocycles. The van der Waals surface area contributed by atoms with Crippen molar-refractivity contribution in [2.24, 2.45) is 0 Å². The standard InChI is InChI=1S/C16H13F2NO3/c1-9(10-2-4-12(17)13(18)6-10)19-16(20)11-3-5-14-15(7-11)22-8-21-14/h2-7,9H,8H2,1H3,(H,19,20). The molecule has 0 fully saturated rings. The molecule has 1 aliphatic rings. The molecule has 6 heteroatoms. The number of hydrogen-bond acceptors (Lipinski definition) is 3. The number of carbonyl (C=O) groups is 1. The molecule has 2 aromatic carbocycles. The molecule has 0 saturated heterocycles. The predicted molar refractivity (Wildman–Crippen MR) is 74.8 cm³/mol. The van der Waals surface area contributed by atoms with Crippen LogP contribution in [0.4, 0.5) is 8.78 Å². The Bertz CT molecular complexity index is 733. The molecule has 1 N–H and O–H groups in total. The average Bonchev–Trinajstić information content (AvgIpc) is 2.97. The molecule has 0 aliphatic carbocycles. The van der Waals surface area contributed by atoms with Gasteiger partial charge in [0.25, 0.3) is 5.91 Å². The van der Waals surface area contributed by atoms with E-state index in [-0.39, 0.29) is 12.7 Å². The van der Waals surface area contributed by atoms with Gasteiger partial charge in [0, 0.05) is 5.56 Å². The van der Waals surface area contributed by atoms with E-state index in [1.165, 1.54) is 6.07 Å². The molecule has 1 unspecified atom stereocenters. The van der Waals surface area contributed by atoms with E-state index in [0.717, 1.165) is 12.1 Å². The monoisotopic (exact) mass is 305 g/mol. The van der Waals surface area contributed by atoms with Gasteiger partial charge >= 0.3 is 0 Å². The highest BCUT2D eigenvalue weighted by atomic mass is 19.2. The van der Waals surface area contributed by atoms with Gasteiger partial charge < -0.3 is 14.8 Å². The highest BCUT2D eigenvalue weighted by Crippen LogP contribution is 2.32. The van der Waals surface area contributed by atoms with Gasteiger partial charge in [-0.25, -0.2) is 8.78 Å². The van der Waals surface area contributed by atoms with Crippen LogP contribution in [0.25, 0.3) is 0 Å². The number of halogens is 2. The van der Waals surface area contributed by atoms with Crippen molar-refractivity contribution in [3.8, 4) is 11.5 Å². The lowest BCUT2D eigenvalue weighted by Gasteiger charge is -2.15. The molecule has 4 nitrogen and oxygen atoms in total. The van der Waals surface area contributed by atoms with Crippen LogP contribution in [0, 0.1) is 11.6 Å². The van der Waals surface area contributed by atoms with Crippen molar-refractivity contribution in [3.05, 3.63) is 59.2 Å². The van der Waals surface area contributed by atoms with Crippen molar-refractivity contribution in [1.82, 2.24) is 5.32 Å². The summed E-state index contributed by atoms with van der Waals surface area (Å²) in [6.45, 7) is 1.82. The van der Waals surface area contributed by atoms with Crippen LogP contribution in [-0.4, -0.2) is 12.7 Å². The van der Waals surface area contributed by atoms with E-state index < -0.39 is 17.7 Å². The molecule has 0 bridgehead atoms. The van der Waals surface area contributed by atoms with E-state index in [1.54, 1.807) is 25.1 Å². The van der Waals surface area contributed by atoms with Crippen molar-refractivity contribution < 1.29 is 23.0 Å². The zero-order valence-electron chi connectivity index (χ0n) is 11.7. The summed E-state index contributed by atoms with van der Waals surface area (Å²) in [6, 6.07) is 7.92.